The zero-order valence-corrected chi connectivity index (χ0v) is 16.8. The molecule has 1 saturated heterocycles. The van der Waals surface area contributed by atoms with E-state index in [-0.39, 0.29) is 23.3 Å². The molecule has 2 amide bonds. The summed E-state index contributed by atoms with van der Waals surface area (Å²) in [6.07, 6.45) is 2.90. The van der Waals surface area contributed by atoms with Crippen molar-refractivity contribution in [1.29, 1.82) is 0 Å². The van der Waals surface area contributed by atoms with E-state index in [1.165, 1.54) is 12.1 Å². The molecule has 0 unspecified atom stereocenters. The molecule has 2 aromatic rings. The maximum atomic E-state index is 12.8. The summed E-state index contributed by atoms with van der Waals surface area (Å²) < 4.78 is 30.9. The van der Waals surface area contributed by atoms with Crippen molar-refractivity contribution < 1.29 is 22.7 Å². The summed E-state index contributed by atoms with van der Waals surface area (Å²) in [4.78, 5) is 25.4. The standard InChI is InChI=1S/C20H23N3O5S/c1-29(26,27)23-18-11-5-3-9-16(18)20(25)22-17-10-4-2-8-15(17)19(24)21-13-14-7-6-12-28-14/h2-5,8-11,14,23H,6-7,12-13H2,1H3,(H,21,24)(H,22,25)/t14-/m1/s1. The molecule has 0 aliphatic carbocycles. The van der Waals surface area contributed by atoms with E-state index in [1.54, 1.807) is 36.4 Å². The van der Waals surface area contributed by atoms with Crippen molar-refractivity contribution >= 4 is 33.2 Å². The maximum absolute atomic E-state index is 12.8. The van der Waals surface area contributed by atoms with Crippen LogP contribution in [-0.4, -0.2) is 45.7 Å². The zero-order valence-electron chi connectivity index (χ0n) is 16.0. The van der Waals surface area contributed by atoms with E-state index in [9.17, 15) is 18.0 Å². The Bertz CT molecular complexity index is 1000. The van der Waals surface area contributed by atoms with Crippen molar-refractivity contribution in [2.24, 2.45) is 0 Å². The van der Waals surface area contributed by atoms with Gasteiger partial charge >= 0.3 is 0 Å². The third kappa shape index (κ3) is 5.78. The first-order chi connectivity index (χ1) is 13.8. The van der Waals surface area contributed by atoms with Crippen molar-refractivity contribution in [3.05, 3.63) is 59.7 Å². The SMILES string of the molecule is CS(=O)(=O)Nc1ccccc1C(=O)Nc1ccccc1C(=O)NC[C@H]1CCCO1. The number of benzene rings is 2. The summed E-state index contributed by atoms with van der Waals surface area (Å²) in [6.45, 7) is 1.11. The second-order valence-corrected chi connectivity index (χ2v) is 8.51. The van der Waals surface area contributed by atoms with Gasteiger partial charge in [-0.25, -0.2) is 8.42 Å². The Kier molecular flexibility index (Phi) is 6.50. The Balaban J connectivity index is 1.75. The fourth-order valence-corrected chi connectivity index (χ4v) is 3.63. The number of carbonyl (C=O) groups is 2. The highest BCUT2D eigenvalue weighted by atomic mass is 32.2. The summed E-state index contributed by atoms with van der Waals surface area (Å²) in [6, 6.07) is 12.9. The highest BCUT2D eigenvalue weighted by Crippen LogP contribution is 2.21. The van der Waals surface area contributed by atoms with Crippen molar-refractivity contribution in [3.8, 4) is 0 Å². The van der Waals surface area contributed by atoms with E-state index in [0.29, 0.717) is 24.4 Å². The molecule has 0 spiro atoms. The number of hydrogen-bond acceptors (Lipinski definition) is 5. The number of anilines is 2. The third-order valence-corrected chi connectivity index (χ3v) is 4.99. The van der Waals surface area contributed by atoms with E-state index < -0.39 is 15.9 Å². The first-order valence-corrected chi connectivity index (χ1v) is 11.1. The Labute approximate surface area is 169 Å². The van der Waals surface area contributed by atoms with E-state index in [0.717, 1.165) is 19.1 Å². The van der Waals surface area contributed by atoms with Crippen molar-refractivity contribution in [1.82, 2.24) is 5.32 Å². The summed E-state index contributed by atoms with van der Waals surface area (Å²) in [5.41, 5.74) is 0.948. The lowest BCUT2D eigenvalue weighted by molar-refractivity contribution is 0.0858. The van der Waals surface area contributed by atoms with Gasteiger partial charge in [-0.1, -0.05) is 24.3 Å². The second-order valence-electron chi connectivity index (χ2n) is 6.76. The number of ether oxygens (including phenoxy) is 1. The van der Waals surface area contributed by atoms with Gasteiger partial charge in [-0.3, -0.25) is 14.3 Å². The highest BCUT2D eigenvalue weighted by molar-refractivity contribution is 7.92. The molecule has 1 fully saturated rings. The number of nitrogens with one attached hydrogen (secondary N) is 3. The minimum atomic E-state index is -3.55. The first-order valence-electron chi connectivity index (χ1n) is 9.20. The third-order valence-electron chi connectivity index (χ3n) is 4.40. The molecule has 2 aromatic carbocycles. The fraction of sp³-hybridized carbons (Fsp3) is 0.300. The van der Waals surface area contributed by atoms with Crippen molar-refractivity contribution in [2.75, 3.05) is 29.4 Å². The van der Waals surface area contributed by atoms with Crippen molar-refractivity contribution in [3.63, 3.8) is 0 Å². The Hall–Kier alpha value is -2.91. The molecule has 3 N–H and O–H groups in total. The van der Waals surface area contributed by atoms with Crippen molar-refractivity contribution in [2.45, 2.75) is 18.9 Å². The normalized spacial score (nSPS) is 16.2. The molecule has 3 rings (SSSR count). The molecule has 9 heteroatoms. The van der Waals surface area contributed by atoms with Gasteiger partial charge in [0.05, 0.1) is 34.9 Å². The van der Waals surface area contributed by atoms with E-state index in [1.807, 2.05) is 0 Å². The van der Waals surface area contributed by atoms with Gasteiger partial charge in [-0.15, -0.1) is 0 Å². The largest absolute Gasteiger partial charge is 0.376 e. The molecular formula is C20H23N3O5S. The summed E-state index contributed by atoms with van der Waals surface area (Å²) in [7, 11) is -3.55. The quantitative estimate of drug-likeness (QED) is 0.639. The zero-order chi connectivity index (χ0) is 20.9. The van der Waals surface area contributed by atoms with E-state index in [2.05, 4.69) is 15.4 Å². The number of amides is 2. The lowest BCUT2D eigenvalue weighted by Gasteiger charge is -2.15. The predicted molar refractivity (Wildman–Crippen MR) is 111 cm³/mol. The van der Waals surface area contributed by atoms with Gasteiger partial charge in [0.2, 0.25) is 10.0 Å². The van der Waals surface area contributed by atoms with Crippen LogP contribution in [0.15, 0.2) is 48.5 Å². The summed E-state index contributed by atoms with van der Waals surface area (Å²) in [5.74, 6) is -0.852. The molecule has 1 heterocycles. The molecule has 0 bridgehead atoms. The molecule has 0 aromatic heterocycles. The van der Waals surface area contributed by atoms with Crippen LogP contribution in [-0.2, 0) is 14.8 Å². The van der Waals surface area contributed by atoms with Crippen LogP contribution in [0.25, 0.3) is 0 Å². The maximum Gasteiger partial charge on any atom is 0.257 e. The van der Waals surface area contributed by atoms with Crippen LogP contribution >= 0.6 is 0 Å². The molecule has 0 radical (unpaired) electrons. The van der Waals surface area contributed by atoms with Gasteiger partial charge in [0.25, 0.3) is 11.8 Å². The lowest BCUT2D eigenvalue weighted by Crippen LogP contribution is -2.32. The number of rotatable bonds is 7. The number of para-hydroxylation sites is 2. The number of carbonyl (C=O) groups excluding carboxylic acids is 2. The Morgan fingerprint density at radius 1 is 1.00 bits per heavy atom. The number of sulfonamides is 1. The summed E-state index contributed by atoms with van der Waals surface area (Å²) >= 11 is 0. The average Bonchev–Trinajstić information content (AvgIpc) is 3.19. The van der Waals surface area contributed by atoms with Gasteiger partial charge in [0.1, 0.15) is 0 Å². The Morgan fingerprint density at radius 3 is 2.24 bits per heavy atom. The molecule has 1 atom stereocenters. The fourth-order valence-electron chi connectivity index (χ4n) is 3.06. The average molecular weight is 417 g/mol. The topological polar surface area (TPSA) is 114 Å². The van der Waals surface area contributed by atoms with Crippen LogP contribution in [0.4, 0.5) is 11.4 Å². The second kappa shape index (κ2) is 9.06. The minimum Gasteiger partial charge on any atom is -0.376 e. The highest BCUT2D eigenvalue weighted by Gasteiger charge is 2.20. The molecule has 8 nitrogen and oxygen atoms in total. The number of hydrogen-bond donors (Lipinski definition) is 3. The van der Waals surface area contributed by atoms with E-state index >= 15 is 0 Å². The van der Waals surface area contributed by atoms with Gasteiger partial charge in [-0.05, 0) is 37.1 Å². The van der Waals surface area contributed by atoms with Gasteiger partial charge < -0.3 is 15.4 Å². The van der Waals surface area contributed by atoms with Crippen LogP contribution in [0, 0.1) is 0 Å². The molecule has 1 aliphatic rings. The molecule has 154 valence electrons. The predicted octanol–water partition coefficient (Wildman–Crippen LogP) is 2.22. The van der Waals surface area contributed by atoms with Gasteiger partial charge in [-0.2, -0.15) is 0 Å². The van der Waals surface area contributed by atoms with Crippen LogP contribution in [0.1, 0.15) is 33.6 Å². The Morgan fingerprint density at radius 2 is 1.62 bits per heavy atom. The van der Waals surface area contributed by atoms with Crippen LogP contribution in [0.2, 0.25) is 0 Å². The molecule has 1 aliphatic heterocycles. The smallest absolute Gasteiger partial charge is 0.257 e. The molecule has 29 heavy (non-hydrogen) atoms. The van der Waals surface area contributed by atoms with Crippen LogP contribution < -0.4 is 15.4 Å². The first kappa shape index (κ1) is 20.8. The van der Waals surface area contributed by atoms with Crippen LogP contribution in [0.5, 0.6) is 0 Å². The van der Waals surface area contributed by atoms with Gasteiger partial charge in [0.15, 0.2) is 0 Å². The lowest BCUT2D eigenvalue weighted by atomic mass is 10.1. The van der Waals surface area contributed by atoms with Gasteiger partial charge in [0, 0.05) is 13.2 Å². The minimum absolute atomic E-state index is 0.00893. The van der Waals surface area contributed by atoms with Crippen LogP contribution in [0.3, 0.4) is 0 Å². The van der Waals surface area contributed by atoms with E-state index in [4.69, 9.17) is 4.74 Å². The monoisotopic (exact) mass is 417 g/mol. The molecule has 0 saturated carbocycles. The summed E-state index contributed by atoms with van der Waals surface area (Å²) in [5, 5.41) is 5.53. The molecular weight excluding hydrogens is 394 g/mol.